The maximum Gasteiger partial charge on any atom is 0.122 e. The number of aliphatic hydroxyl groups excluding tert-OH is 1. The number of hydrogen-bond acceptors (Lipinski definition) is 3. The predicted molar refractivity (Wildman–Crippen MR) is 65.2 cm³/mol. The Balaban J connectivity index is 2.00. The molecule has 17 heavy (non-hydrogen) atoms. The minimum Gasteiger partial charge on any atom is -0.492 e. The Bertz CT molecular complexity index is 448. The predicted octanol–water partition coefficient (Wildman–Crippen LogP) is 2.74. The lowest BCUT2D eigenvalue weighted by Gasteiger charge is -2.14. The summed E-state index contributed by atoms with van der Waals surface area (Å²) >= 11 is 0. The van der Waals surface area contributed by atoms with E-state index in [-0.39, 0.29) is 12.5 Å². The summed E-state index contributed by atoms with van der Waals surface area (Å²) in [6, 6.07) is 11.5. The first-order valence-corrected chi connectivity index (χ1v) is 5.64. The second-order valence-corrected chi connectivity index (χ2v) is 3.97. The van der Waals surface area contributed by atoms with Crippen molar-refractivity contribution in [3.63, 3.8) is 0 Å². The molecule has 1 aromatic carbocycles. The van der Waals surface area contributed by atoms with E-state index in [0.29, 0.717) is 6.61 Å². The standard InChI is InChI=1S/C14H16O3/c1-11-5-2-3-6-13(11)17-10-12(9-15)14-7-4-8-16-14/h2-8,12,15H,9-10H2,1H3. The van der Waals surface area contributed by atoms with Crippen LogP contribution in [0.2, 0.25) is 0 Å². The quantitative estimate of drug-likeness (QED) is 0.861. The molecule has 1 heterocycles. The summed E-state index contributed by atoms with van der Waals surface area (Å²) in [5.74, 6) is 1.48. The van der Waals surface area contributed by atoms with Gasteiger partial charge in [-0.05, 0) is 30.7 Å². The van der Waals surface area contributed by atoms with Crippen molar-refractivity contribution in [2.45, 2.75) is 12.8 Å². The molecule has 0 aliphatic carbocycles. The van der Waals surface area contributed by atoms with Gasteiger partial charge >= 0.3 is 0 Å². The van der Waals surface area contributed by atoms with E-state index < -0.39 is 0 Å². The summed E-state index contributed by atoms with van der Waals surface area (Å²) in [4.78, 5) is 0. The van der Waals surface area contributed by atoms with Gasteiger partial charge < -0.3 is 14.3 Å². The van der Waals surface area contributed by atoms with Gasteiger partial charge in [0.25, 0.3) is 0 Å². The molecule has 1 atom stereocenters. The summed E-state index contributed by atoms with van der Waals surface area (Å²) < 4.78 is 11.0. The second kappa shape index (κ2) is 5.55. The Morgan fingerprint density at radius 2 is 2.06 bits per heavy atom. The molecule has 0 radical (unpaired) electrons. The Morgan fingerprint density at radius 3 is 2.71 bits per heavy atom. The van der Waals surface area contributed by atoms with E-state index in [2.05, 4.69) is 0 Å². The van der Waals surface area contributed by atoms with E-state index >= 15 is 0 Å². The molecule has 2 rings (SSSR count). The third-order valence-corrected chi connectivity index (χ3v) is 2.70. The molecule has 1 N–H and O–H groups in total. The summed E-state index contributed by atoms with van der Waals surface area (Å²) in [6.45, 7) is 2.42. The Morgan fingerprint density at radius 1 is 1.24 bits per heavy atom. The van der Waals surface area contributed by atoms with Gasteiger partial charge in [-0.2, -0.15) is 0 Å². The van der Waals surface area contributed by atoms with Crippen LogP contribution in [-0.4, -0.2) is 18.3 Å². The molecule has 3 heteroatoms. The van der Waals surface area contributed by atoms with Gasteiger partial charge in [-0.1, -0.05) is 18.2 Å². The Hall–Kier alpha value is -1.74. The topological polar surface area (TPSA) is 42.6 Å². The molecule has 1 unspecified atom stereocenters. The van der Waals surface area contributed by atoms with E-state index in [0.717, 1.165) is 17.1 Å². The first-order chi connectivity index (χ1) is 8.31. The number of benzene rings is 1. The van der Waals surface area contributed by atoms with Gasteiger partial charge in [-0.25, -0.2) is 0 Å². The van der Waals surface area contributed by atoms with E-state index in [1.165, 1.54) is 0 Å². The highest BCUT2D eigenvalue weighted by atomic mass is 16.5. The minimum absolute atomic E-state index is 0.0133. The van der Waals surface area contributed by atoms with Crippen molar-refractivity contribution in [2.75, 3.05) is 13.2 Å². The van der Waals surface area contributed by atoms with E-state index in [9.17, 15) is 5.11 Å². The van der Waals surface area contributed by atoms with Crippen molar-refractivity contribution >= 4 is 0 Å². The summed E-state index contributed by atoms with van der Waals surface area (Å²) in [5, 5.41) is 9.31. The fourth-order valence-corrected chi connectivity index (χ4v) is 1.66. The van der Waals surface area contributed by atoms with Crippen LogP contribution in [0.4, 0.5) is 0 Å². The highest BCUT2D eigenvalue weighted by molar-refractivity contribution is 5.31. The molecule has 0 amide bonds. The van der Waals surface area contributed by atoms with Crippen LogP contribution in [0.15, 0.2) is 47.1 Å². The first-order valence-electron chi connectivity index (χ1n) is 5.64. The molecule has 3 nitrogen and oxygen atoms in total. The van der Waals surface area contributed by atoms with E-state index in [1.807, 2.05) is 43.3 Å². The molecule has 1 aromatic heterocycles. The maximum atomic E-state index is 9.31. The van der Waals surface area contributed by atoms with Crippen LogP contribution in [0.5, 0.6) is 5.75 Å². The van der Waals surface area contributed by atoms with Crippen LogP contribution in [0.25, 0.3) is 0 Å². The van der Waals surface area contributed by atoms with Gasteiger partial charge in [0.1, 0.15) is 18.1 Å². The van der Waals surface area contributed by atoms with Crippen molar-refractivity contribution in [1.29, 1.82) is 0 Å². The van der Waals surface area contributed by atoms with Crippen molar-refractivity contribution in [3.05, 3.63) is 54.0 Å². The molecule has 2 aromatic rings. The first kappa shape index (κ1) is 11.7. The number of para-hydroxylation sites is 1. The fraction of sp³-hybridized carbons (Fsp3) is 0.286. The average Bonchev–Trinajstić information content (AvgIpc) is 2.86. The van der Waals surface area contributed by atoms with Crippen molar-refractivity contribution in [3.8, 4) is 5.75 Å². The number of ether oxygens (including phenoxy) is 1. The molecule has 0 aliphatic rings. The lowest BCUT2D eigenvalue weighted by atomic mass is 10.1. The van der Waals surface area contributed by atoms with E-state index in [1.54, 1.807) is 6.26 Å². The van der Waals surface area contributed by atoms with Crippen molar-refractivity contribution in [1.82, 2.24) is 0 Å². The molecular weight excluding hydrogens is 216 g/mol. The monoisotopic (exact) mass is 232 g/mol. The Labute approximate surface area is 101 Å². The summed E-state index contributed by atoms with van der Waals surface area (Å²) in [7, 11) is 0. The van der Waals surface area contributed by atoms with Crippen LogP contribution >= 0.6 is 0 Å². The molecule has 0 fully saturated rings. The number of furan rings is 1. The van der Waals surface area contributed by atoms with Gasteiger partial charge in [0.15, 0.2) is 0 Å². The zero-order valence-electron chi connectivity index (χ0n) is 9.80. The molecule has 90 valence electrons. The number of aryl methyl sites for hydroxylation is 1. The number of aliphatic hydroxyl groups is 1. The van der Waals surface area contributed by atoms with Crippen molar-refractivity contribution in [2.24, 2.45) is 0 Å². The van der Waals surface area contributed by atoms with Gasteiger partial charge in [0, 0.05) is 0 Å². The van der Waals surface area contributed by atoms with E-state index in [4.69, 9.17) is 9.15 Å². The Kier molecular flexibility index (Phi) is 3.83. The van der Waals surface area contributed by atoms with Crippen LogP contribution < -0.4 is 4.74 Å². The normalized spacial score (nSPS) is 12.4. The SMILES string of the molecule is Cc1ccccc1OCC(CO)c1ccco1. The molecule has 0 aliphatic heterocycles. The molecule has 0 spiro atoms. The highest BCUT2D eigenvalue weighted by Crippen LogP contribution is 2.21. The number of hydrogen-bond donors (Lipinski definition) is 1. The van der Waals surface area contributed by atoms with Gasteiger partial charge in [-0.3, -0.25) is 0 Å². The summed E-state index contributed by atoms with van der Waals surface area (Å²) in [5.41, 5.74) is 1.09. The fourth-order valence-electron chi connectivity index (χ4n) is 1.66. The average molecular weight is 232 g/mol. The highest BCUT2D eigenvalue weighted by Gasteiger charge is 2.14. The van der Waals surface area contributed by atoms with Gasteiger partial charge in [0.05, 0.1) is 18.8 Å². The zero-order valence-corrected chi connectivity index (χ0v) is 9.80. The second-order valence-electron chi connectivity index (χ2n) is 3.97. The third kappa shape index (κ3) is 2.88. The molecule has 0 bridgehead atoms. The largest absolute Gasteiger partial charge is 0.492 e. The van der Waals surface area contributed by atoms with Crippen LogP contribution in [0, 0.1) is 6.92 Å². The van der Waals surface area contributed by atoms with Crippen LogP contribution in [0.1, 0.15) is 17.2 Å². The maximum absolute atomic E-state index is 9.31. The van der Waals surface area contributed by atoms with Gasteiger partial charge in [0.2, 0.25) is 0 Å². The lowest BCUT2D eigenvalue weighted by molar-refractivity contribution is 0.189. The minimum atomic E-state index is -0.121. The lowest BCUT2D eigenvalue weighted by Crippen LogP contribution is -2.13. The summed E-state index contributed by atoms with van der Waals surface area (Å²) in [6.07, 6.45) is 1.60. The molecule has 0 saturated heterocycles. The van der Waals surface area contributed by atoms with Gasteiger partial charge in [-0.15, -0.1) is 0 Å². The smallest absolute Gasteiger partial charge is 0.122 e. The van der Waals surface area contributed by atoms with Crippen molar-refractivity contribution < 1.29 is 14.3 Å². The third-order valence-electron chi connectivity index (χ3n) is 2.70. The molecule has 0 saturated carbocycles. The number of rotatable bonds is 5. The van der Waals surface area contributed by atoms with Crippen LogP contribution in [-0.2, 0) is 0 Å². The van der Waals surface area contributed by atoms with Crippen LogP contribution in [0.3, 0.4) is 0 Å². The molecular formula is C14H16O3. The zero-order chi connectivity index (χ0) is 12.1.